The lowest BCUT2D eigenvalue weighted by atomic mass is 10.2. The maximum Gasteiger partial charge on any atom is 0.241 e. The first-order valence-electron chi connectivity index (χ1n) is 8.90. The van der Waals surface area contributed by atoms with Gasteiger partial charge < -0.3 is 19.9 Å². The molecule has 1 aromatic carbocycles. The summed E-state index contributed by atoms with van der Waals surface area (Å²) in [7, 11) is 1.57. The third-order valence-electron chi connectivity index (χ3n) is 4.65. The predicted octanol–water partition coefficient (Wildman–Crippen LogP) is 2.24. The minimum Gasteiger partial charge on any atom is -0.380 e. The first-order valence-corrected chi connectivity index (χ1v) is 9.28. The molecule has 1 aromatic heterocycles. The molecule has 1 aliphatic rings. The van der Waals surface area contributed by atoms with Gasteiger partial charge in [0.15, 0.2) is 0 Å². The smallest absolute Gasteiger partial charge is 0.241 e. The van der Waals surface area contributed by atoms with E-state index in [1.807, 2.05) is 17.0 Å². The molecule has 0 spiro atoms. The summed E-state index contributed by atoms with van der Waals surface area (Å²) in [4.78, 5) is 20.8. The number of piperazine rings is 1. The van der Waals surface area contributed by atoms with Crippen molar-refractivity contribution in [2.45, 2.75) is 19.1 Å². The monoisotopic (exact) mass is 465 g/mol. The highest BCUT2D eigenvalue weighted by Gasteiger charge is 2.24. The van der Waals surface area contributed by atoms with Gasteiger partial charge in [-0.05, 0) is 24.3 Å². The van der Waals surface area contributed by atoms with Gasteiger partial charge in [-0.15, -0.1) is 24.8 Å². The van der Waals surface area contributed by atoms with Crippen LogP contribution in [0.15, 0.2) is 28.8 Å². The number of aromatic nitrogens is 2. The van der Waals surface area contributed by atoms with E-state index >= 15 is 0 Å². The zero-order valence-electron chi connectivity index (χ0n) is 16.1. The summed E-state index contributed by atoms with van der Waals surface area (Å²) in [6, 6.07) is 7.30. The Hall–Kier alpha value is -1.42. The molecule has 1 amide bonds. The number of carbonyl (C=O) groups is 1. The van der Waals surface area contributed by atoms with Crippen LogP contribution in [0.25, 0.3) is 11.4 Å². The molecule has 1 fully saturated rings. The Morgan fingerprint density at radius 1 is 1.24 bits per heavy atom. The molecule has 1 aliphatic heterocycles. The predicted molar refractivity (Wildman–Crippen MR) is 116 cm³/mol. The maximum absolute atomic E-state index is 12.3. The second-order valence-corrected chi connectivity index (χ2v) is 6.91. The SMILES string of the molecule is COC(CN)CC(=O)N1CCN(Cc2nc(-c3ccc(Cl)cc3)no2)CC1.Cl.Cl. The fraction of sp³-hybridized carbons (Fsp3) is 0.500. The lowest BCUT2D eigenvalue weighted by molar-refractivity contribution is -0.135. The first-order chi connectivity index (χ1) is 13.1. The Kier molecular flexibility index (Phi) is 10.9. The summed E-state index contributed by atoms with van der Waals surface area (Å²) in [5, 5.41) is 4.70. The normalized spacial score (nSPS) is 15.3. The summed E-state index contributed by atoms with van der Waals surface area (Å²) < 4.78 is 10.5. The Bertz CT molecular complexity index is 747. The fourth-order valence-electron chi connectivity index (χ4n) is 2.97. The average Bonchev–Trinajstić information content (AvgIpc) is 3.15. The molecule has 1 unspecified atom stereocenters. The number of nitrogens with two attached hydrogens (primary N) is 1. The van der Waals surface area contributed by atoms with Crippen molar-refractivity contribution in [3.05, 3.63) is 35.2 Å². The van der Waals surface area contributed by atoms with Crippen LogP contribution in [0.3, 0.4) is 0 Å². The Labute approximate surface area is 187 Å². The summed E-state index contributed by atoms with van der Waals surface area (Å²) in [5.74, 6) is 1.18. The van der Waals surface area contributed by atoms with Crippen LogP contribution in [0.5, 0.6) is 0 Å². The van der Waals surface area contributed by atoms with E-state index in [-0.39, 0.29) is 36.8 Å². The minimum absolute atomic E-state index is 0. The van der Waals surface area contributed by atoms with Crippen LogP contribution in [0.1, 0.15) is 12.3 Å². The zero-order chi connectivity index (χ0) is 19.2. The van der Waals surface area contributed by atoms with Crippen molar-refractivity contribution in [1.29, 1.82) is 0 Å². The van der Waals surface area contributed by atoms with Crippen LogP contribution >= 0.6 is 36.4 Å². The van der Waals surface area contributed by atoms with Crippen LogP contribution < -0.4 is 5.73 Å². The summed E-state index contributed by atoms with van der Waals surface area (Å²) in [5.41, 5.74) is 6.45. The molecule has 0 aliphatic carbocycles. The molecule has 2 aromatic rings. The molecule has 0 saturated carbocycles. The van der Waals surface area contributed by atoms with Gasteiger partial charge in [0.25, 0.3) is 0 Å². The number of carbonyl (C=O) groups excluding carboxylic acids is 1. The number of ether oxygens (including phenoxy) is 1. The Morgan fingerprint density at radius 2 is 1.90 bits per heavy atom. The van der Waals surface area contributed by atoms with Crippen LogP contribution in [0.2, 0.25) is 5.02 Å². The van der Waals surface area contributed by atoms with Crippen molar-refractivity contribution in [1.82, 2.24) is 19.9 Å². The van der Waals surface area contributed by atoms with Crippen LogP contribution in [0.4, 0.5) is 0 Å². The molecule has 1 atom stereocenters. The Morgan fingerprint density at radius 3 is 2.48 bits per heavy atom. The molecule has 8 nitrogen and oxygen atoms in total. The van der Waals surface area contributed by atoms with Crippen molar-refractivity contribution >= 4 is 42.3 Å². The topological polar surface area (TPSA) is 97.7 Å². The number of halogens is 3. The number of benzene rings is 1. The Balaban J connectivity index is 0.00000210. The number of hydrogen-bond donors (Lipinski definition) is 1. The molecule has 2 N–H and O–H groups in total. The highest BCUT2D eigenvalue weighted by atomic mass is 35.5. The van der Waals surface area contributed by atoms with Gasteiger partial charge in [0.05, 0.1) is 19.1 Å². The molecular formula is C18H26Cl3N5O3. The van der Waals surface area contributed by atoms with Crippen LogP contribution in [0, 0.1) is 0 Å². The van der Waals surface area contributed by atoms with Gasteiger partial charge in [0.2, 0.25) is 17.6 Å². The largest absolute Gasteiger partial charge is 0.380 e. The van der Waals surface area contributed by atoms with Crippen molar-refractivity contribution in [2.75, 3.05) is 39.8 Å². The van der Waals surface area contributed by atoms with E-state index in [1.165, 1.54) is 0 Å². The number of hydrogen-bond acceptors (Lipinski definition) is 7. The summed E-state index contributed by atoms with van der Waals surface area (Å²) in [6.07, 6.45) is 0.0985. The van der Waals surface area contributed by atoms with Gasteiger partial charge in [-0.25, -0.2) is 0 Å². The standard InChI is InChI=1S/C18H24ClN5O3.2ClH/c1-26-15(11-20)10-17(25)24-8-6-23(7-9-24)12-16-21-18(22-27-16)13-2-4-14(19)5-3-13;;/h2-5,15H,6-12,20H2,1H3;2*1H. The molecule has 0 bridgehead atoms. The second-order valence-electron chi connectivity index (χ2n) is 6.47. The third-order valence-corrected chi connectivity index (χ3v) is 4.90. The molecular weight excluding hydrogens is 441 g/mol. The van der Waals surface area contributed by atoms with E-state index in [1.54, 1.807) is 19.2 Å². The van der Waals surface area contributed by atoms with Gasteiger partial charge >= 0.3 is 0 Å². The van der Waals surface area contributed by atoms with E-state index in [9.17, 15) is 4.79 Å². The first kappa shape index (κ1) is 25.6. The van der Waals surface area contributed by atoms with Crippen LogP contribution in [-0.4, -0.2) is 71.8 Å². The number of amides is 1. The molecule has 0 radical (unpaired) electrons. The number of nitrogens with zero attached hydrogens (tertiary/aromatic N) is 4. The zero-order valence-corrected chi connectivity index (χ0v) is 18.5. The second kappa shape index (κ2) is 12.3. The van der Waals surface area contributed by atoms with Crippen molar-refractivity contribution in [3.8, 4) is 11.4 Å². The van der Waals surface area contributed by atoms with Gasteiger partial charge in [-0.1, -0.05) is 16.8 Å². The molecule has 2 heterocycles. The highest BCUT2D eigenvalue weighted by molar-refractivity contribution is 6.30. The van der Waals surface area contributed by atoms with E-state index < -0.39 is 0 Å². The van der Waals surface area contributed by atoms with Crippen molar-refractivity contribution in [3.63, 3.8) is 0 Å². The lowest BCUT2D eigenvalue weighted by Crippen LogP contribution is -2.49. The van der Waals surface area contributed by atoms with Gasteiger partial charge in [0, 0.05) is 50.4 Å². The van der Waals surface area contributed by atoms with E-state index in [4.69, 9.17) is 26.6 Å². The molecule has 1 saturated heterocycles. The maximum atomic E-state index is 12.3. The van der Waals surface area contributed by atoms with E-state index in [2.05, 4.69) is 15.0 Å². The van der Waals surface area contributed by atoms with Gasteiger partial charge in [-0.3, -0.25) is 9.69 Å². The molecule has 162 valence electrons. The van der Waals surface area contributed by atoms with Gasteiger partial charge in [-0.2, -0.15) is 4.98 Å². The minimum atomic E-state index is -0.222. The van der Waals surface area contributed by atoms with Crippen LogP contribution in [-0.2, 0) is 16.1 Å². The summed E-state index contributed by atoms with van der Waals surface area (Å²) in [6.45, 7) is 3.74. The van der Waals surface area contributed by atoms with Gasteiger partial charge in [0.1, 0.15) is 0 Å². The van der Waals surface area contributed by atoms with E-state index in [0.29, 0.717) is 49.3 Å². The number of methoxy groups -OCH3 is 1. The fourth-order valence-corrected chi connectivity index (χ4v) is 3.09. The molecule has 11 heteroatoms. The lowest BCUT2D eigenvalue weighted by Gasteiger charge is -2.34. The third kappa shape index (κ3) is 7.09. The molecule has 3 rings (SSSR count). The highest BCUT2D eigenvalue weighted by Crippen LogP contribution is 2.19. The van der Waals surface area contributed by atoms with Crippen molar-refractivity contribution in [2.24, 2.45) is 5.73 Å². The quantitative estimate of drug-likeness (QED) is 0.668. The number of rotatable bonds is 7. The van der Waals surface area contributed by atoms with Crippen molar-refractivity contribution < 1.29 is 14.1 Å². The average molecular weight is 467 g/mol. The van der Waals surface area contributed by atoms with E-state index in [0.717, 1.165) is 18.7 Å². The molecule has 29 heavy (non-hydrogen) atoms. The summed E-state index contributed by atoms with van der Waals surface area (Å²) >= 11 is 5.90.